The zero-order valence-electron chi connectivity index (χ0n) is 8.35. The first-order valence-electron chi connectivity index (χ1n) is 4.76. The van der Waals surface area contributed by atoms with E-state index >= 15 is 0 Å². The summed E-state index contributed by atoms with van der Waals surface area (Å²) >= 11 is 0. The maximum atomic E-state index is 9.48. The van der Waals surface area contributed by atoms with Crippen molar-refractivity contribution in [1.29, 1.82) is 0 Å². The summed E-state index contributed by atoms with van der Waals surface area (Å²) in [6.45, 7) is 1.59. The van der Waals surface area contributed by atoms with Gasteiger partial charge in [0.05, 0.1) is 6.04 Å². The summed E-state index contributed by atoms with van der Waals surface area (Å²) < 4.78 is 0. The molecule has 0 spiro atoms. The first-order valence-corrected chi connectivity index (χ1v) is 4.76. The molecular weight excluding hydrogens is 178 g/mol. The molecule has 0 bridgehead atoms. The van der Waals surface area contributed by atoms with Crippen LogP contribution in [0.4, 0.5) is 0 Å². The summed E-state index contributed by atoms with van der Waals surface area (Å²) in [5.41, 5.74) is 6.52. The van der Waals surface area contributed by atoms with Crippen molar-refractivity contribution in [3.63, 3.8) is 0 Å². The van der Waals surface area contributed by atoms with E-state index in [1.165, 1.54) is 0 Å². The lowest BCUT2D eigenvalue weighted by molar-refractivity contribution is -0.177. The van der Waals surface area contributed by atoms with Crippen LogP contribution < -0.4 is 5.73 Å². The molecule has 1 rings (SSSR count). The minimum atomic E-state index is -1.77. The van der Waals surface area contributed by atoms with Crippen LogP contribution in [0.5, 0.6) is 0 Å². The fraction of sp³-hybridized carbons (Fsp3) is 0.455. The normalized spacial score (nSPS) is 14.0. The largest absolute Gasteiger partial charge is 0.364 e. The Morgan fingerprint density at radius 3 is 2.36 bits per heavy atom. The Bertz CT molecular complexity index is 270. The number of hydrogen-bond donors (Lipinski definition) is 3. The summed E-state index contributed by atoms with van der Waals surface area (Å²) in [5.74, 6) is -1.77. The maximum Gasteiger partial charge on any atom is 0.178 e. The molecule has 14 heavy (non-hydrogen) atoms. The van der Waals surface area contributed by atoms with Crippen molar-refractivity contribution in [3.8, 4) is 0 Å². The van der Waals surface area contributed by atoms with Crippen molar-refractivity contribution in [2.45, 2.75) is 31.6 Å². The first kappa shape index (κ1) is 11.2. The monoisotopic (exact) mass is 195 g/mol. The Morgan fingerprint density at radius 2 is 1.86 bits per heavy atom. The first-order chi connectivity index (χ1) is 6.52. The fourth-order valence-electron chi connectivity index (χ4n) is 1.20. The van der Waals surface area contributed by atoms with Gasteiger partial charge in [-0.05, 0) is 18.9 Å². The van der Waals surface area contributed by atoms with E-state index < -0.39 is 11.8 Å². The Hall–Kier alpha value is -0.900. The lowest BCUT2D eigenvalue weighted by Crippen LogP contribution is -2.46. The topological polar surface area (TPSA) is 66.5 Å². The number of benzene rings is 1. The Balaban J connectivity index is 2.49. The van der Waals surface area contributed by atoms with E-state index in [0.29, 0.717) is 6.42 Å². The van der Waals surface area contributed by atoms with Gasteiger partial charge in [0.25, 0.3) is 0 Å². The zero-order chi connectivity index (χ0) is 10.6. The number of aryl methyl sites for hydroxylation is 1. The molecule has 0 heterocycles. The van der Waals surface area contributed by atoms with Crippen LogP contribution in [0.15, 0.2) is 30.3 Å². The van der Waals surface area contributed by atoms with Gasteiger partial charge in [-0.15, -0.1) is 0 Å². The Labute approximate surface area is 84.2 Å². The maximum absolute atomic E-state index is 9.48. The van der Waals surface area contributed by atoms with E-state index in [2.05, 4.69) is 0 Å². The van der Waals surface area contributed by atoms with Gasteiger partial charge in [-0.25, -0.2) is 0 Å². The minimum Gasteiger partial charge on any atom is -0.364 e. The molecule has 78 valence electrons. The summed E-state index contributed by atoms with van der Waals surface area (Å²) in [7, 11) is 0. The van der Waals surface area contributed by atoms with Gasteiger partial charge in [-0.3, -0.25) is 0 Å². The van der Waals surface area contributed by atoms with Gasteiger partial charge in [0.2, 0.25) is 0 Å². The molecule has 0 radical (unpaired) electrons. The van der Waals surface area contributed by atoms with E-state index in [0.717, 1.165) is 5.56 Å². The molecule has 0 fully saturated rings. The molecular formula is C11H17NO2. The van der Waals surface area contributed by atoms with Gasteiger partial charge < -0.3 is 15.9 Å². The molecule has 1 aromatic rings. The quantitative estimate of drug-likeness (QED) is 0.618. The number of rotatable bonds is 4. The Morgan fingerprint density at radius 1 is 1.29 bits per heavy atom. The van der Waals surface area contributed by atoms with Crippen molar-refractivity contribution >= 4 is 0 Å². The average Bonchev–Trinajstić information content (AvgIpc) is 2.16. The zero-order valence-corrected chi connectivity index (χ0v) is 8.35. The third-order valence-electron chi connectivity index (χ3n) is 2.35. The van der Waals surface area contributed by atoms with Crippen molar-refractivity contribution in [2.24, 2.45) is 5.73 Å². The second-order valence-electron chi connectivity index (χ2n) is 3.65. The van der Waals surface area contributed by atoms with Crippen LogP contribution in [0, 0.1) is 0 Å². The van der Waals surface area contributed by atoms with Gasteiger partial charge in [0, 0.05) is 6.42 Å². The van der Waals surface area contributed by atoms with E-state index in [4.69, 9.17) is 5.73 Å². The summed E-state index contributed by atoms with van der Waals surface area (Å²) in [4.78, 5) is 0. The molecule has 1 aromatic carbocycles. The lowest BCUT2D eigenvalue weighted by atomic mass is 10.0. The van der Waals surface area contributed by atoms with Crippen LogP contribution in [-0.4, -0.2) is 22.0 Å². The predicted molar refractivity (Wildman–Crippen MR) is 55.6 cm³/mol. The molecule has 0 saturated heterocycles. The highest BCUT2D eigenvalue weighted by molar-refractivity contribution is 5.14. The van der Waals surface area contributed by atoms with Crippen molar-refractivity contribution < 1.29 is 10.2 Å². The van der Waals surface area contributed by atoms with E-state index in [1.54, 1.807) is 6.92 Å². The molecule has 1 unspecified atom stereocenters. The lowest BCUT2D eigenvalue weighted by Gasteiger charge is -2.25. The molecule has 4 N–H and O–H groups in total. The van der Waals surface area contributed by atoms with Crippen LogP contribution in [0.3, 0.4) is 0 Å². The van der Waals surface area contributed by atoms with E-state index in [-0.39, 0.29) is 6.42 Å². The number of hydrogen-bond acceptors (Lipinski definition) is 3. The average molecular weight is 195 g/mol. The third kappa shape index (κ3) is 3.10. The van der Waals surface area contributed by atoms with Gasteiger partial charge >= 0.3 is 0 Å². The van der Waals surface area contributed by atoms with E-state index in [1.807, 2.05) is 30.3 Å². The molecule has 3 heteroatoms. The third-order valence-corrected chi connectivity index (χ3v) is 2.35. The minimum absolute atomic E-state index is 0.259. The number of aliphatic hydroxyl groups is 2. The summed E-state index contributed by atoms with van der Waals surface area (Å²) in [5, 5.41) is 19.0. The van der Waals surface area contributed by atoms with Gasteiger partial charge in [0.15, 0.2) is 5.79 Å². The second-order valence-corrected chi connectivity index (χ2v) is 3.65. The van der Waals surface area contributed by atoms with E-state index in [9.17, 15) is 10.2 Å². The SMILES string of the molecule is CC(N)C(O)(O)CCc1ccccc1. The fourth-order valence-corrected chi connectivity index (χ4v) is 1.20. The van der Waals surface area contributed by atoms with Crippen molar-refractivity contribution in [3.05, 3.63) is 35.9 Å². The molecule has 0 aliphatic heterocycles. The highest BCUT2D eigenvalue weighted by Gasteiger charge is 2.27. The molecule has 1 atom stereocenters. The molecule has 3 nitrogen and oxygen atoms in total. The molecule has 0 aliphatic carbocycles. The predicted octanol–water partition coefficient (Wildman–Crippen LogP) is 0.647. The second kappa shape index (κ2) is 4.55. The van der Waals surface area contributed by atoms with Crippen LogP contribution in [0.25, 0.3) is 0 Å². The van der Waals surface area contributed by atoms with Crippen LogP contribution in [0.2, 0.25) is 0 Å². The summed E-state index contributed by atoms with van der Waals surface area (Å²) in [6.07, 6.45) is 0.879. The van der Waals surface area contributed by atoms with Gasteiger partial charge in [-0.1, -0.05) is 30.3 Å². The van der Waals surface area contributed by atoms with Crippen LogP contribution in [-0.2, 0) is 6.42 Å². The summed E-state index contributed by atoms with van der Waals surface area (Å²) in [6, 6.07) is 9.07. The van der Waals surface area contributed by atoms with Crippen LogP contribution in [0.1, 0.15) is 18.9 Å². The van der Waals surface area contributed by atoms with Crippen molar-refractivity contribution in [1.82, 2.24) is 0 Å². The van der Waals surface area contributed by atoms with Gasteiger partial charge in [0.1, 0.15) is 0 Å². The van der Waals surface area contributed by atoms with Crippen LogP contribution >= 0.6 is 0 Å². The standard InChI is InChI=1S/C11H17NO2/c1-9(12)11(13,14)8-7-10-5-3-2-4-6-10/h2-6,9,13-14H,7-8,12H2,1H3. The van der Waals surface area contributed by atoms with Crippen molar-refractivity contribution in [2.75, 3.05) is 0 Å². The molecule has 0 amide bonds. The highest BCUT2D eigenvalue weighted by Crippen LogP contribution is 2.14. The number of nitrogens with two attached hydrogens (primary N) is 1. The van der Waals surface area contributed by atoms with Gasteiger partial charge in [-0.2, -0.15) is 0 Å². The molecule has 0 aromatic heterocycles. The Kier molecular flexibility index (Phi) is 3.63. The smallest absolute Gasteiger partial charge is 0.178 e. The highest BCUT2D eigenvalue weighted by atomic mass is 16.5. The molecule has 0 aliphatic rings. The molecule has 0 saturated carbocycles.